The van der Waals surface area contributed by atoms with Gasteiger partial charge in [0.1, 0.15) is 0 Å². The summed E-state index contributed by atoms with van der Waals surface area (Å²) in [5, 5.41) is 11.0. The van der Waals surface area contributed by atoms with E-state index in [1.54, 1.807) is 6.20 Å². The van der Waals surface area contributed by atoms with Crippen LogP contribution in [0.1, 0.15) is 12.0 Å². The molecule has 17 heavy (non-hydrogen) atoms. The van der Waals surface area contributed by atoms with Crippen molar-refractivity contribution in [2.45, 2.75) is 19.9 Å². The number of benzene rings is 1. The summed E-state index contributed by atoms with van der Waals surface area (Å²) in [5.74, 6) is 0. The first-order valence-corrected chi connectivity index (χ1v) is 5.70. The number of anilines is 2. The maximum Gasteiger partial charge on any atom is 0.0692 e. The molecule has 0 aliphatic carbocycles. The van der Waals surface area contributed by atoms with E-state index in [-0.39, 0.29) is 0 Å². The standard InChI is InChI=1S/C12H17N5/c1-10-3-4-12(11(13)9-10)14-5-2-7-17-8-6-15-16-17/h3-4,6,8-9,14H,2,5,7,13H2,1H3. The van der Waals surface area contributed by atoms with Gasteiger partial charge in [-0.15, -0.1) is 5.10 Å². The van der Waals surface area contributed by atoms with Gasteiger partial charge in [0, 0.05) is 19.3 Å². The number of nitrogen functional groups attached to an aromatic ring is 1. The van der Waals surface area contributed by atoms with Gasteiger partial charge in [0.2, 0.25) is 0 Å². The molecule has 0 unspecified atom stereocenters. The first kappa shape index (κ1) is 11.4. The lowest BCUT2D eigenvalue weighted by Crippen LogP contribution is -2.08. The molecule has 0 bridgehead atoms. The molecule has 5 heteroatoms. The molecule has 0 atom stereocenters. The molecule has 1 aromatic heterocycles. The van der Waals surface area contributed by atoms with Crippen molar-refractivity contribution in [2.24, 2.45) is 0 Å². The summed E-state index contributed by atoms with van der Waals surface area (Å²) in [6, 6.07) is 6.04. The fourth-order valence-corrected chi connectivity index (χ4v) is 1.66. The Kier molecular flexibility index (Phi) is 3.59. The molecule has 90 valence electrons. The van der Waals surface area contributed by atoms with E-state index in [0.717, 1.165) is 30.9 Å². The zero-order valence-electron chi connectivity index (χ0n) is 9.93. The van der Waals surface area contributed by atoms with Crippen molar-refractivity contribution in [3.05, 3.63) is 36.2 Å². The summed E-state index contributed by atoms with van der Waals surface area (Å²) in [6.07, 6.45) is 4.53. The molecule has 3 N–H and O–H groups in total. The summed E-state index contributed by atoms with van der Waals surface area (Å²) in [4.78, 5) is 0. The molecule has 0 saturated carbocycles. The van der Waals surface area contributed by atoms with Gasteiger partial charge in [-0.1, -0.05) is 11.3 Å². The summed E-state index contributed by atoms with van der Waals surface area (Å²) >= 11 is 0. The molecule has 0 amide bonds. The van der Waals surface area contributed by atoms with Crippen LogP contribution in [-0.2, 0) is 6.54 Å². The maximum absolute atomic E-state index is 5.91. The SMILES string of the molecule is Cc1ccc(NCCCn2ccnn2)c(N)c1. The highest BCUT2D eigenvalue weighted by atomic mass is 15.4. The summed E-state index contributed by atoms with van der Waals surface area (Å²) in [6.45, 7) is 3.76. The fourth-order valence-electron chi connectivity index (χ4n) is 1.66. The van der Waals surface area contributed by atoms with E-state index in [1.165, 1.54) is 5.56 Å². The van der Waals surface area contributed by atoms with Crippen molar-refractivity contribution in [1.82, 2.24) is 15.0 Å². The van der Waals surface area contributed by atoms with Crippen LogP contribution >= 0.6 is 0 Å². The van der Waals surface area contributed by atoms with Crippen LogP contribution in [0.3, 0.4) is 0 Å². The van der Waals surface area contributed by atoms with Gasteiger partial charge in [0.25, 0.3) is 0 Å². The van der Waals surface area contributed by atoms with E-state index in [1.807, 2.05) is 29.9 Å². The highest BCUT2D eigenvalue weighted by molar-refractivity contribution is 5.66. The van der Waals surface area contributed by atoms with Gasteiger partial charge in [0.15, 0.2) is 0 Å². The zero-order chi connectivity index (χ0) is 12.1. The molecule has 1 aromatic carbocycles. The van der Waals surface area contributed by atoms with Crippen LogP contribution < -0.4 is 11.1 Å². The Bertz CT molecular complexity index is 464. The van der Waals surface area contributed by atoms with Gasteiger partial charge >= 0.3 is 0 Å². The second kappa shape index (κ2) is 5.34. The number of aromatic nitrogens is 3. The molecular formula is C12H17N5. The number of nitrogens with one attached hydrogen (secondary N) is 1. The molecular weight excluding hydrogens is 214 g/mol. The van der Waals surface area contributed by atoms with Crippen molar-refractivity contribution >= 4 is 11.4 Å². The molecule has 2 rings (SSSR count). The third kappa shape index (κ3) is 3.21. The fraction of sp³-hybridized carbons (Fsp3) is 0.333. The minimum absolute atomic E-state index is 0.797. The minimum Gasteiger partial charge on any atom is -0.397 e. The third-order valence-corrected chi connectivity index (χ3v) is 2.56. The van der Waals surface area contributed by atoms with Gasteiger partial charge in [-0.3, -0.25) is 4.68 Å². The van der Waals surface area contributed by atoms with Crippen LogP contribution in [0, 0.1) is 6.92 Å². The molecule has 0 saturated heterocycles. The largest absolute Gasteiger partial charge is 0.397 e. The smallest absolute Gasteiger partial charge is 0.0692 e. The van der Waals surface area contributed by atoms with Crippen LogP contribution in [-0.4, -0.2) is 21.5 Å². The Morgan fingerprint density at radius 1 is 1.41 bits per heavy atom. The third-order valence-electron chi connectivity index (χ3n) is 2.56. The lowest BCUT2D eigenvalue weighted by molar-refractivity contribution is 0.570. The van der Waals surface area contributed by atoms with Crippen LogP contribution in [0.2, 0.25) is 0 Å². The predicted molar refractivity (Wildman–Crippen MR) is 68.7 cm³/mol. The Morgan fingerprint density at radius 2 is 2.29 bits per heavy atom. The predicted octanol–water partition coefficient (Wildman–Crippen LogP) is 1.67. The maximum atomic E-state index is 5.91. The Balaban J connectivity index is 1.78. The van der Waals surface area contributed by atoms with Crippen LogP contribution in [0.4, 0.5) is 11.4 Å². The molecule has 0 fully saturated rings. The molecule has 0 radical (unpaired) electrons. The van der Waals surface area contributed by atoms with Crippen molar-refractivity contribution in [3.63, 3.8) is 0 Å². The van der Waals surface area contributed by atoms with Gasteiger partial charge < -0.3 is 11.1 Å². The average molecular weight is 231 g/mol. The van der Waals surface area contributed by atoms with E-state index in [4.69, 9.17) is 5.73 Å². The highest BCUT2D eigenvalue weighted by Gasteiger charge is 1.98. The van der Waals surface area contributed by atoms with E-state index >= 15 is 0 Å². The molecule has 0 spiro atoms. The quantitative estimate of drug-likeness (QED) is 0.606. The number of hydrogen-bond acceptors (Lipinski definition) is 4. The van der Waals surface area contributed by atoms with E-state index in [2.05, 4.69) is 21.7 Å². The van der Waals surface area contributed by atoms with Crippen molar-refractivity contribution in [1.29, 1.82) is 0 Å². The van der Waals surface area contributed by atoms with E-state index < -0.39 is 0 Å². The summed E-state index contributed by atoms with van der Waals surface area (Å²) < 4.78 is 1.82. The number of nitrogens with zero attached hydrogens (tertiary/aromatic N) is 3. The van der Waals surface area contributed by atoms with Crippen LogP contribution in [0.5, 0.6) is 0 Å². The first-order chi connectivity index (χ1) is 8.25. The number of hydrogen-bond donors (Lipinski definition) is 2. The molecule has 2 aromatic rings. The Labute approximate surface area is 101 Å². The second-order valence-electron chi connectivity index (χ2n) is 4.04. The Hall–Kier alpha value is -2.04. The Morgan fingerprint density at radius 3 is 3.00 bits per heavy atom. The van der Waals surface area contributed by atoms with Crippen LogP contribution in [0.15, 0.2) is 30.6 Å². The summed E-state index contributed by atoms with van der Waals surface area (Å²) in [5.41, 5.74) is 8.88. The summed E-state index contributed by atoms with van der Waals surface area (Å²) in [7, 11) is 0. The number of rotatable bonds is 5. The van der Waals surface area contributed by atoms with Gasteiger partial charge in [-0.2, -0.15) is 0 Å². The van der Waals surface area contributed by atoms with Crippen LogP contribution in [0.25, 0.3) is 0 Å². The second-order valence-corrected chi connectivity index (χ2v) is 4.04. The van der Waals surface area contributed by atoms with Gasteiger partial charge in [0.05, 0.1) is 17.6 Å². The number of aryl methyl sites for hydroxylation is 2. The molecule has 0 aliphatic rings. The molecule has 5 nitrogen and oxygen atoms in total. The number of nitrogens with two attached hydrogens (primary N) is 1. The van der Waals surface area contributed by atoms with Crippen molar-refractivity contribution in [3.8, 4) is 0 Å². The van der Waals surface area contributed by atoms with Gasteiger partial charge in [-0.05, 0) is 31.0 Å². The monoisotopic (exact) mass is 231 g/mol. The average Bonchev–Trinajstić information content (AvgIpc) is 2.79. The van der Waals surface area contributed by atoms with E-state index in [0.29, 0.717) is 0 Å². The zero-order valence-corrected chi connectivity index (χ0v) is 9.93. The molecule has 1 heterocycles. The first-order valence-electron chi connectivity index (χ1n) is 5.70. The van der Waals surface area contributed by atoms with E-state index in [9.17, 15) is 0 Å². The lowest BCUT2D eigenvalue weighted by atomic mass is 10.2. The van der Waals surface area contributed by atoms with Crippen molar-refractivity contribution in [2.75, 3.05) is 17.6 Å². The van der Waals surface area contributed by atoms with Gasteiger partial charge in [-0.25, -0.2) is 0 Å². The molecule has 0 aliphatic heterocycles. The highest BCUT2D eigenvalue weighted by Crippen LogP contribution is 2.19. The normalized spacial score (nSPS) is 10.4. The minimum atomic E-state index is 0.797. The lowest BCUT2D eigenvalue weighted by Gasteiger charge is -2.09. The topological polar surface area (TPSA) is 68.8 Å². The van der Waals surface area contributed by atoms with Crippen molar-refractivity contribution < 1.29 is 0 Å².